The first-order chi connectivity index (χ1) is 5.60. The van der Waals surface area contributed by atoms with Crippen LogP contribution in [0.5, 0.6) is 0 Å². The van der Waals surface area contributed by atoms with E-state index in [2.05, 4.69) is 4.99 Å². The van der Waals surface area contributed by atoms with Crippen LogP contribution < -0.4 is 5.39 Å². The van der Waals surface area contributed by atoms with Gasteiger partial charge in [0.2, 0.25) is 0 Å². The predicted octanol–water partition coefficient (Wildman–Crippen LogP) is 0.761. The summed E-state index contributed by atoms with van der Waals surface area (Å²) < 4.78 is 0. The standard InChI is InChI=1S/C8H19NO4/c1-7(2,3)11-9(10)13-12-8(4,5)6/h9H,1-6H3. The van der Waals surface area contributed by atoms with Gasteiger partial charge < -0.3 is 5.21 Å². The van der Waals surface area contributed by atoms with Crippen molar-refractivity contribution in [1.82, 2.24) is 0 Å². The van der Waals surface area contributed by atoms with E-state index in [9.17, 15) is 5.21 Å². The van der Waals surface area contributed by atoms with Crippen LogP contribution in [0.4, 0.5) is 0 Å². The molecule has 0 radical (unpaired) electrons. The van der Waals surface area contributed by atoms with E-state index in [1.165, 1.54) is 0 Å². The van der Waals surface area contributed by atoms with Crippen LogP contribution in [0.2, 0.25) is 0 Å². The van der Waals surface area contributed by atoms with Crippen LogP contribution in [0, 0.1) is 5.21 Å². The number of hydrogen-bond donors (Lipinski definition) is 1. The Labute approximate surface area is 79.0 Å². The summed E-state index contributed by atoms with van der Waals surface area (Å²) in [6, 6.07) is 0. The number of nitrogens with one attached hydrogen (secondary N) is 1. The summed E-state index contributed by atoms with van der Waals surface area (Å²) in [5.74, 6) is 0. The van der Waals surface area contributed by atoms with Crippen molar-refractivity contribution in [1.29, 1.82) is 0 Å². The highest BCUT2D eigenvalue weighted by Crippen LogP contribution is 2.05. The van der Waals surface area contributed by atoms with Gasteiger partial charge in [-0.1, -0.05) is 0 Å². The van der Waals surface area contributed by atoms with Crippen LogP contribution in [-0.4, -0.2) is 11.2 Å². The molecule has 0 aliphatic carbocycles. The first kappa shape index (κ1) is 12.8. The summed E-state index contributed by atoms with van der Waals surface area (Å²) >= 11 is 0. The molecule has 0 aliphatic rings. The molecule has 5 heteroatoms. The van der Waals surface area contributed by atoms with Crippen LogP contribution in [0.1, 0.15) is 41.5 Å². The first-order valence-corrected chi connectivity index (χ1v) is 4.19. The van der Waals surface area contributed by atoms with E-state index in [-0.39, 0.29) is 0 Å². The van der Waals surface area contributed by atoms with Crippen LogP contribution >= 0.6 is 0 Å². The molecule has 0 amide bonds. The fourth-order valence-electron chi connectivity index (χ4n) is 0.426. The molecule has 0 aromatic rings. The molecule has 5 nitrogen and oxygen atoms in total. The molecule has 0 spiro atoms. The minimum atomic E-state index is -0.817. The molecule has 0 rings (SSSR count). The third-order valence-electron chi connectivity index (χ3n) is 0.749. The molecule has 0 aliphatic heterocycles. The number of hydrogen-bond acceptors (Lipinski definition) is 4. The van der Waals surface area contributed by atoms with E-state index in [1.54, 1.807) is 41.5 Å². The summed E-state index contributed by atoms with van der Waals surface area (Å²) in [5, 5.41) is 10.1. The van der Waals surface area contributed by atoms with Crippen molar-refractivity contribution < 1.29 is 20.1 Å². The van der Waals surface area contributed by atoms with E-state index in [4.69, 9.17) is 9.73 Å². The average Bonchev–Trinajstić information content (AvgIpc) is 1.78. The lowest BCUT2D eigenvalue weighted by Gasteiger charge is -2.26. The Morgan fingerprint density at radius 3 is 1.69 bits per heavy atom. The van der Waals surface area contributed by atoms with E-state index in [0.717, 1.165) is 0 Å². The lowest BCUT2D eigenvalue weighted by molar-refractivity contribution is -1.25. The van der Waals surface area contributed by atoms with Crippen molar-refractivity contribution >= 4 is 0 Å². The minimum Gasteiger partial charge on any atom is -0.563 e. The third-order valence-corrected chi connectivity index (χ3v) is 0.749. The lowest BCUT2D eigenvalue weighted by Crippen LogP contribution is -3.06. The largest absolute Gasteiger partial charge is 0.563 e. The maximum Gasteiger partial charge on any atom is 0.124 e. The van der Waals surface area contributed by atoms with Crippen LogP contribution in [0.15, 0.2) is 0 Å². The maximum atomic E-state index is 10.9. The van der Waals surface area contributed by atoms with Crippen molar-refractivity contribution in [2.75, 3.05) is 0 Å². The van der Waals surface area contributed by atoms with Crippen LogP contribution in [0.3, 0.4) is 0 Å². The normalized spacial score (nSPS) is 15.9. The second-order valence-corrected chi connectivity index (χ2v) is 4.74. The molecule has 1 unspecified atom stereocenters. The highest BCUT2D eigenvalue weighted by Gasteiger charge is 2.20. The van der Waals surface area contributed by atoms with Gasteiger partial charge in [0.25, 0.3) is 0 Å². The monoisotopic (exact) mass is 193 g/mol. The molecule has 80 valence electrons. The zero-order valence-electron chi connectivity index (χ0n) is 9.13. The SMILES string of the molecule is CC(C)(C)OO[NH+]([O-])OC(C)(C)C. The Kier molecular flexibility index (Phi) is 4.28. The van der Waals surface area contributed by atoms with Crippen molar-refractivity contribution in [3.05, 3.63) is 5.21 Å². The van der Waals surface area contributed by atoms with Crippen LogP contribution in [0.25, 0.3) is 0 Å². The molecule has 0 saturated carbocycles. The molecule has 1 N–H and O–H groups in total. The van der Waals surface area contributed by atoms with Crippen molar-refractivity contribution in [2.45, 2.75) is 52.7 Å². The van der Waals surface area contributed by atoms with E-state index in [0.29, 0.717) is 0 Å². The van der Waals surface area contributed by atoms with Gasteiger partial charge in [-0.15, -0.1) is 0 Å². The predicted molar refractivity (Wildman–Crippen MR) is 47.1 cm³/mol. The van der Waals surface area contributed by atoms with Gasteiger partial charge in [0, 0.05) is 4.99 Å². The van der Waals surface area contributed by atoms with Crippen molar-refractivity contribution in [3.63, 3.8) is 0 Å². The molecule has 13 heavy (non-hydrogen) atoms. The molecule has 0 aromatic carbocycles. The zero-order valence-corrected chi connectivity index (χ0v) is 9.13. The summed E-state index contributed by atoms with van der Waals surface area (Å²) in [4.78, 5) is 14.0. The zero-order chi connectivity index (χ0) is 10.7. The van der Waals surface area contributed by atoms with Gasteiger partial charge in [0.05, 0.1) is 0 Å². The molecule has 0 saturated heterocycles. The van der Waals surface area contributed by atoms with Crippen molar-refractivity contribution in [2.24, 2.45) is 0 Å². The van der Waals surface area contributed by atoms with E-state index >= 15 is 0 Å². The molecule has 0 fully saturated rings. The fraction of sp³-hybridized carbons (Fsp3) is 1.00. The molecular formula is C8H19NO4. The molecule has 0 aromatic heterocycles. The van der Waals surface area contributed by atoms with Gasteiger partial charge in [-0.2, -0.15) is 9.73 Å². The number of rotatable bonds is 3. The molecule has 0 bridgehead atoms. The van der Waals surface area contributed by atoms with Crippen molar-refractivity contribution in [3.8, 4) is 0 Å². The summed E-state index contributed by atoms with van der Waals surface area (Å²) in [7, 11) is 0. The Bertz CT molecular complexity index is 147. The van der Waals surface area contributed by atoms with E-state index in [1.807, 2.05) is 0 Å². The van der Waals surface area contributed by atoms with Gasteiger partial charge in [-0.3, -0.25) is 0 Å². The number of quaternary nitrogens is 1. The highest BCUT2D eigenvalue weighted by molar-refractivity contribution is 4.54. The quantitative estimate of drug-likeness (QED) is 0.531. The Balaban J connectivity index is 3.70. The van der Waals surface area contributed by atoms with Gasteiger partial charge in [0.15, 0.2) is 0 Å². The summed E-state index contributed by atoms with van der Waals surface area (Å²) in [6.07, 6.45) is 0. The van der Waals surface area contributed by atoms with E-state index < -0.39 is 16.6 Å². The molecule has 0 heterocycles. The first-order valence-electron chi connectivity index (χ1n) is 4.19. The maximum absolute atomic E-state index is 10.9. The fourth-order valence-corrected chi connectivity index (χ4v) is 0.426. The highest BCUT2D eigenvalue weighted by atomic mass is 17.4. The van der Waals surface area contributed by atoms with Gasteiger partial charge in [-0.05, 0) is 46.9 Å². The van der Waals surface area contributed by atoms with Crippen LogP contribution in [-0.2, 0) is 14.7 Å². The van der Waals surface area contributed by atoms with Gasteiger partial charge in [0.1, 0.15) is 11.2 Å². The smallest absolute Gasteiger partial charge is 0.124 e. The molecular weight excluding hydrogens is 174 g/mol. The third kappa shape index (κ3) is 9.72. The Morgan fingerprint density at radius 2 is 1.38 bits per heavy atom. The lowest BCUT2D eigenvalue weighted by atomic mass is 10.2. The Hall–Kier alpha value is -0.200. The summed E-state index contributed by atoms with van der Waals surface area (Å²) in [6.45, 7) is 10.6. The van der Waals surface area contributed by atoms with Gasteiger partial charge in [-0.25, -0.2) is 0 Å². The second-order valence-electron chi connectivity index (χ2n) is 4.74. The molecule has 1 atom stereocenters. The minimum absolute atomic E-state index is 0.517. The second kappa shape index (κ2) is 4.34. The Morgan fingerprint density at radius 1 is 0.923 bits per heavy atom. The average molecular weight is 193 g/mol. The topological polar surface area (TPSA) is 55.2 Å². The summed E-state index contributed by atoms with van der Waals surface area (Å²) in [5.41, 5.74) is -1.07. The van der Waals surface area contributed by atoms with Gasteiger partial charge >= 0.3 is 0 Å².